The molecule has 5 nitrogen and oxygen atoms in total. The molecule has 0 saturated carbocycles. The van der Waals surface area contributed by atoms with Gasteiger partial charge >= 0.3 is 0 Å². The molecule has 0 amide bonds. The van der Waals surface area contributed by atoms with Crippen molar-refractivity contribution in [2.24, 2.45) is 0 Å². The quantitative estimate of drug-likeness (QED) is 0.484. The number of aromatic nitrogens is 4. The molecule has 80 valence electrons. The lowest BCUT2D eigenvalue weighted by molar-refractivity contribution is 1.09. The first-order valence-corrected chi connectivity index (χ1v) is 5.18. The average Bonchev–Trinajstić information content (AvgIpc) is 2.82. The molecule has 1 aromatic carbocycles. The number of aromatic amines is 3. The molecule has 3 aromatic rings. The van der Waals surface area contributed by atoms with E-state index in [1.807, 2.05) is 24.3 Å². The molecule has 2 aromatic heterocycles. The van der Waals surface area contributed by atoms with Crippen molar-refractivity contribution in [3.8, 4) is 11.4 Å². The Labute approximate surface area is 95.7 Å². The number of fused-ring (bicyclic) bond motifs is 1. The van der Waals surface area contributed by atoms with Crippen LogP contribution in [0.25, 0.3) is 22.4 Å². The molecule has 0 aliphatic rings. The summed E-state index contributed by atoms with van der Waals surface area (Å²) < 4.78 is 0.552. The monoisotopic (exact) mass is 231 g/mol. The molecule has 0 fully saturated rings. The number of nitrogens with zero attached hydrogens (tertiary/aromatic N) is 1. The normalized spacial score (nSPS) is 11.0. The third kappa shape index (κ3) is 1.24. The highest BCUT2D eigenvalue weighted by Crippen LogP contribution is 2.24. The van der Waals surface area contributed by atoms with Crippen molar-refractivity contribution in [2.75, 3.05) is 5.73 Å². The Balaban J connectivity index is 2.31. The molecule has 0 saturated heterocycles. The van der Waals surface area contributed by atoms with E-state index < -0.39 is 0 Å². The van der Waals surface area contributed by atoms with Crippen LogP contribution in [0.4, 0.5) is 5.82 Å². The van der Waals surface area contributed by atoms with Crippen LogP contribution in [0.2, 0.25) is 0 Å². The van der Waals surface area contributed by atoms with Crippen LogP contribution in [0, 0.1) is 4.64 Å². The summed E-state index contributed by atoms with van der Waals surface area (Å²) in [5, 5.41) is 5.55. The number of imidazole rings is 1. The predicted molar refractivity (Wildman–Crippen MR) is 65.5 cm³/mol. The second kappa shape index (κ2) is 3.21. The summed E-state index contributed by atoms with van der Waals surface area (Å²) in [5.41, 5.74) is 8.36. The van der Waals surface area contributed by atoms with E-state index in [1.165, 1.54) is 0 Å². The van der Waals surface area contributed by atoms with Gasteiger partial charge in [0.05, 0.1) is 16.6 Å². The second-order valence-corrected chi connectivity index (χ2v) is 3.88. The largest absolute Gasteiger partial charge is 0.383 e. The number of H-pyrrole nitrogens is 3. The number of benzene rings is 1. The Kier molecular flexibility index (Phi) is 1.84. The van der Waals surface area contributed by atoms with E-state index in [9.17, 15) is 0 Å². The molecule has 2 heterocycles. The summed E-state index contributed by atoms with van der Waals surface area (Å²) in [7, 11) is 0. The highest BCUT2D eigenvalue weighted by molar-refractivity contribution is 7.71. The van der Waals surface area contributed by atoms with Crippen LogP contribution < -0.4 is 5.73 Å². The third-order valence-corrected chi connectivity index (χ3v) is 2.74. The van der Waals surface area contributed by atoms with Crippen molar-refractivity contribution in [3.05, 3.63) is 28.9 Å². The van der Waals surface area contributed by atoms with Gasteiger partial charge in [0, 0.05) is 0 Å². The lowest BCUT2D eigenvalue weighted by atomic mass is 10.3. The van der Waals surface area contributed by atoms with Gasteiger partial charge in [-0.15, -0.1) is 0 Å². The van der Waals surface area contributed by atoms with Gasteiger partial charge in [0.25, 0.3) is 0 Å². The Bertz CT molecular complexity index is 672. The van der Waals surface area contributed by atoms with E-state index in [2.05, 4.69) is 20.2 Å². The molecule has 0 aliphatic heterocycles. The number of hydrogen-bond acceptors (Lipinski definition) is 3. The maximum absolute atomic E-state index is 5.78. The van der Waals surface area contributed by atoms with E-state index in [0.717, 1.165) is 11.0 Å². The highest BCUT2D eigenvalue weighted by atomic mass is 32.1. The topological polar surface area (TPSA) is 86.3 Å². The minimum absolute atomic E-state index is 0.490. The minimum atomic E-state index is 0.490. The van der Waals surface area contributed by atoms with Crippen LogP contribution in [0.5, 0.6) is 0 Å². The van der Waals surface area contributed by atoms with E-state index in [1.54, 1.807) is 0 Å². The fraction of sp³-hybridized carbons (Fsp3) is 0. The van der Waals surface area contributed by atoms with Crippen LogP contribution >= 0.6 is 12.2 Å². The summed E-state index contributed by atoms with van der Waals surface area (Å²) >= 11 is 5.13. The third-order valence-electron chi connectivity index (χ3n) is 2.43. The van der Waals surface area contributed by atoms with Gasteiger partial charge in [-0.2, -0.15) is 0 Å². The molecule has 0 radical (unpaired) electrons. The van der Waals surface area contributed by atoms with Gasteiger partial charge in [-0.3, -0.25) is 10.2 Å². The minimum Gasteiger partial charge on any atom is -0.383 e. The van der Waals surface area contributed by atoms with Gasteiger partial charge < -0.3 is 10.7 Å². The van der Waals surface area contributed by atoms with Gasteiger partial charge in [-0.05, 0) is 12.1 Å². The van der Waals surface area contributed by atoms with Gasteiger partial charge in [0.15, 0.2) is 0 Å². The Morgan fingerprint density at radius 3 is 2.69 bits per heavy atom. The molecule has 0 spiro atoms. The van der Waals surface area contributed by atoms with E-state index in [-0.39, 0.29) is 0 Å². The molecule has 6 heteroatoms. The lowest BCUT2D eigenvalue weighted by Gasteiger charge is -1.91. The number of nitrogens with one attached hydrogen (secondary N) is 3. The van der Waals surface area contributed by atoms with Crippen LogP contribution in [0.15, 0.2) is 24.3 Å². The molecule has 5 N–H and O–H groups in total. The van der Waals surface area contributed by atoms with E-state index in [4.69, 9.17) is 18.0 Å². The van der Waals surface area contributed by atoms with Crippen molar-refractivity contribution >= 4 is 29.1 Å². The standard InChI is InChI=1S/C10H9N5S/c11-8-7(10(16)15-14-8)9-12-5-3-1-2-4-6(5)13-9/h1-4H,(H,12,13)(H4,11,14,15,16). The number of rotatable bonds is 1. The second-order valence-electron chi connectivity index (χ2n) is 3.47. The summed E-state index contributed by atoms with van der Waals surface area (Å²) in [6, 6.07) is 7.78. The highest BCUT2D eigenvalue weighted by Gasteiger charge is 2.11. The number of hydrogen-bond donors (Lipinski definition) is 4. The van der Waals surface area contributed by atoms with Crippen LogP contribution in [0.3, 0.4) is 0 Å². The number of anilines is 1. The SMILES string of the molecule is Nc1[nH][nH]c(=S)c1-c1nc2ccccc2[nH]1. The van der Waals surface area contributed by atoms with Crippen molar-refractivity contribution in [2.45, 2.75) is 0 Å². The first-order chi connectivity index (χ1) is 7.75. The number of para-hydroxylation sites is 2. The molecule has 0 aliphatic carbocycles. The Morgan fingerprint density at radius 1 is 1.19 bits per heavy atom. The summed E-state index contributed by atoms with van der Waals surface area (Å²) in [4.78, 5) is 7.62. The maximum Gasteiger partial charge on any atom is 0.145 e. The van der Waals surface area contributed by atoms with Crippen molar-refractivity contribution in [1.82, 2.24) is 20.2 Å². The fourth-order valence-electron chi connectivity index (χ4n) is 1.68. The zero-order valence-corrected chi connectivity index (χ0v) is 9.06. The van der Waals surface area contributed by atoms with Crippen molar-refractivity contribution < 1.29 is 0 Å². The van der Waals surface area contributed by atoms with Crippen LogP contribution in [0.1, 0.15) is 0 Å². The molecular weight excluding hydrogens is 222 g/mol. The zero-order chi connectivity index (χ0) is 11.1. The van der Waals surface area contributed by atoms with Gasteiger partial charge in [0.1, 0.15) is 16.3 Å². The Hall–Kier alpha value is -2.08. The molecule has 0 bridgehead atoms. The first-order valence-electron chi connectivity index (χ1n) is 4.77. The smallest absolute Gasteiger partial charge is 0.145 e. The van der Waals surface area contributed by atoms with Crippen LogP contribution in [-0.4, -0.2) is 20.2 Å². The molecule has 0 atom stereocenters. The number of nitrogen functional groups attached to an aromatic ring is 1. The number of nitrogens with two attached hydrogens (primary N) is 1. The molecule has 3 rings (SSSR count). The summed E-state index contributed by atoms with van der Waals surface area (Å²) in [5.74, 6) is 1.17. The average molecular weight is 231 g/mol. The maximum atomic E-state index is 5.78. The predicted octanol–water partition coefficient (Wildman–Crippen LogP) is 2.20. The fourth-order valence-corrected chi connectivity index (χ4v) is 1.94. The van der Waals surface area contributed by atoms with Gasteiger partial charge in [-0.25, -0.2) is 4.98 Å². The van der Waals surface area contributed by atoms with E-state index >= 15 is 0 Å². The lowest BCUT2D eigenvalue weighted by Crippen LogP contribution is -1.88. The van der Waals surface area contributed by atoms with Gasteiger partial charge in [0.2, 0.25) is 0 Å². The molecule has 0 unspecified atom stereocenters. The van der Waals surface area contributed by atoms with Crippen molar-refractivity contribution in [3.63, 3.8) is 0 Å². The summed E-state index contributed by atoms with van der Waals surface area (Å²) in [6.45, 7) is 0. The molecule has 16 heavy (non-hydrogen) atoms. The van der Waals surface area contributed by atoms with Crippen LogP contribution in [-0.2, 0) is 0 Å². The van der Waals surface area contributed by atoms with Crippen molar-refractivity contribution in [1.29, 1.82) is 0 Å². The summed E-state index contributed by atoms with van der Waals surface area (Å²) in [6.07, 6.45) is 0. The molecular formula is C10H9N5S. The first kappa shape index (κ1) is 9.17. The van der Waals surface area contributed by atoms with E-state index in [0.29, 0.717) is 21.8 Å². The van der Waals surface area contributed by atoms with Gasteiger partial charge in [-0.1, -0.05) is 24.4 Å². The zero-order valence-electron chi connectivity index (χ0n) is 8.24. The Morgan fingerprint density at radius 2 is 2.00 bits per heavy atom.